The molecule has 0 aliphatic carbocycles. The Morgan fingerprint density at radius 1 is 1.35 bits per heavy atom. The highest BCUT2D eigenvalue weighted by molar-refractivity contribution is 5.28. The van der Waals surface area contributed by atoms with E-state index in [1.54, 1.807) is 11.8 Å². The van der Waals surface area contributed by atoms with Crippen LogP contribution in [0.25, 0.3) is 0 Å². The predicted octanol–water partition coefficient (Wildman–Crippen LogP) is 1.13. The molecule has 0 aliphatic rings. The molecule has 1 aromatic carbocycles. The summed E-state index contributed by atoms with van der Waals surface area (Å²) in [5, 5.41) is 20.2. The van der Waals surface area contributed by atoms with Gasteiger partial charge in [-0.2, -0.15) is 0 Å². The molecule has 0 radical (unpaired) electrons. The molecule has 0 saturated heterocycles. The molecule has 6 heteroatoms. The van der Waals surface area contributed by atoms with Crippen LogP contribution in [-0.4, -0.2) is 33.8 Å². The quantitative estimate of drug-likeness (QED) is 0.793. The Balaban J connectivity index is 1.88. The number of aliphatic hydroxyl groups is 1. The van der Waals surface area contributed by atoms with Crippen molar-refractivity contribution in [3.63, 3.8) is 0 Å². The van der Waals surface area contributed by atoms with Gasteiger partial charge in [-0.1, -0.05) is 17.3 Å². The van der Waals surface area contributed by atoms with E-state index in [2.05, 4.69) is 22.6 Å². The maximum Gasteiger partial charge on any atom is 0.118 e. The van der Waals surface area contributed by atoms with Crippen molar-refractivity contribution in [2.24, 2.45) is 0 Å². The van der Waals surface area contributed by atoms with Crippen molar-refractivity contribution < 1.29 is 9.84 Å². The summed E-state index contributed by atoms with van der Waals surface area (Å²) in [5.41, 5.74) is 2.05. The van der Waals surface area contributed by atoms with Gasteiger partial charge in [-0.25, -0.2) is 4.68 Å². The van der Waals surface area contributed by atoms with E-state index in [9.17, 15) is 0 Å². The summed E-state index contributed by atoms with van der Waals surface area (Å²) >= 11 is 0. The predicted molar refractivity (Wildman–Crippen MR) is 75.4 cm³/mol. The van der Waals surface area contributed by atoms with Crippen LogP contribution in [0.5, 0.6) is 5.75 Å². The molecule has 1 aromatic heterocycles. The highest BCUT2D eigenvalue weighted by Crippen LogP contribution is 2.17. The van der Waals surface area contributed by atoms with Crippen LogP contribution in [0.2, 0.25) is 0 Å². The monoisotopic (exact) mass is 276 g/mol. The van der Waals surface area contributed by atoms with E-state index in [1.807, 2.05) is 30.5 Å². The minimum absolute atomic E-state index is 0.0679. The molecule has 20 heavy (non-hydrogen) atoms. The van der Waals surface area contributed by atoms with Gasteiger partial charge in [0.1, 0.15) is 5.75 Å². The first-order chi connectivity index (χ1) is 9.72. The summed E-state index contributed by atoms with van der Waals surface area (Å²) in [5.74, 6) is 0.855. The Bertz CT molecular complexity index is 524. The molecule has 2 aromatic rings. The first-order valence-electron chi connectivity index (χ1n) is 6.60. The molecular formula is C14H20N4O2. The summed E-state index contributed by atoms with van der Waals surface area (Å²) < 4.78 is 6.78. The van der Waals surface area contributed by atoms with Gasteiger partial charge < -0.3 is 15.2 Å². The number of aliphatic hydroxyl groups excluding tert-OH is 1. The van der Waals surface area contributed by atoms with E-state index in [4.69, 9.17) is 9.84 Å². The van der Waals surface area contributed by atoms with Gasteiger partial charge in [0.2, 0.25) is 0 Å². The first kappa shape index (κ1) is 14.5. The van der Waals surface area contributed by atoms with Crippen LogP contribution in [0.3, 0.4) is 0 Å². The Labute approximate surface area is 118 Å². The van der Waals surface area contributed by atoms with Crippen molar-refractivity contribution in [1.82, 2.24) is 20.3 Å². The Morgan fingerprint density at radius 2 is 2.10 bits per heavy atom. The smallest absolute Gasteiger partial charge is 0.118 e. The number of rotatable bonds is 7. The number of hydrogen-bond acceptors (Lipinski definition) is 5. The normalized spacial score (nSPS) is 12.3. The molecule has 0 fully saturated rings. The average molecular weight is 276 g/mol. The van der Waals surface area contributed by atoms with Crippen LogP contribution in [0, 0.1) is 0 Å². The summed E-state index contributed by atoms with van der Waals surface area (Å²) in [6, 6.07) is 8.19. The van der Waals surface area contributed by atoms with Gasteiger partial charge in [0.05, 0.1) is 26.0 Å². The van der Waals surface area contributed by atoms with E-state index in [0.717, 1.165) is 11.4 Å². The molecule has 1 heterocycles. The summed E-state index contributed by atoms with van der Waals surface area (Å²) in [7, 11) is 1.66. The van der Waals surface area contributed by atoms with Gasteiger partial charge in [0.25, 0.3) is 0 Å². The molecule has 0 aliphatic heterocycles. The lowest BCUT2D eigenvalue weighted by atomic mass is 10.1. The number of hydrogen-bond donors (Lipinski definition) is 2. The zero-order chi connectivity index (χ0) is 14.4. The van der Waals surface area contributed by atoms with Crippen LogP contribution in [-0.2, 0) is 13.1 Å². The van der Waals surface area contributed by atoms with E-state index >= 15 is 0 Å². The lowest BCUT2D eigenvalue weighted by Gasteiger charge is -2.13. The fraction of sp³-hybridized carbons (Fsp3) is 0.429. The van der Waals surface area contributed by atoms with Crippen LogP contribution in [0.4, 0.5) is 0 Å². The average Bonchev–Trinajstić information content (AvgIpc) is 2.93. The van der Waals surface area contributed by atoms with Crippen molar-refractivity contribution in [2.45, 2.75) is 26.1 Å². The Kier molecular flexibility index (Phi) is 5.09. The van der Waals surface area contributed by atoms with E-state index < -0.39 is 0 Å². The molecule has 6 nitrogen and oxygen atoms in total. The summed E-state index contributed by atoms with van der Waals surface area (Å²) in [6.45, 7) is 3.28. The maximum absolute atomic E-state index is 8.82. The molecule has 1 atom stereocenters. The second kappa shape index (κ2) is 7.02. The van der Waals surface area contributed by atoms with Gasteiger partial charge in [-0.05, 0) is 24.6 Å². The number of ether oxygens (including phenoxy) is 1. The largest absolute Gasteiger partial charge is 0.497 e. The maximum atomic E-state index is 8.82. The Hall–Kier alpha value is -1.92. The highest BCUT2D eigenvalue weighted by Gasteiger charge is 2.07. The minimum Gasteiger partial charge on any atom is -0.497 e. The van der Waals surface area contributed by atoms with Crippen LogP contribution < -0.4 is 10.1 Å². The van der Waals surface area contributed by atoms with Crippen LogP contribution >= 0.6 is 0 Å². The van der Waals surface area contributed by atoms with Crippen molar-refractivity contribution in [3.05, 3.63) is 41.7 Å². The summed E-state index contributed by atoms with van der Waals surface area (Å²) in [4.78, 5) is 0. The molecular weight excluding hydrogens is 256 g/mol. The third kappa shape index (κ3) is 3.79. The molecule has 0 spiro atoms. The van der Waals surface area contributed by atoms with Crippen LogP contribution in [0.15, 0.2) is 30.5 Å². The van der Waals surface area contributed by atoms with E-state index in [-0.39, 0.29) is 12.6 Å². The number of nitrogens with one attached hydrogen (secondary N) is 1. The SMILES string of the molecule is COc1ccc(C(C)NCc2cn(CCO)nn2)cc1. The van der Waals surface area contributed by atoms with Gasteiger partial charge in [0.15, 0.2) is 0 Å². The first-order valence-corrected chi connectivity index (χ1v) is 6.60. The van der Waals surface area contributed by atoms with Crippen molar-refractivity contribution >= 4 is 0 Å². The molecule has 2 rings (SSSR count). The fourth-order valence-electron chi connectivity index (χ4n) is 1.90. The molecule has 108 valence electrons. The highest BCUT2D eigenvalue weighted by atomic mass is 16.5. The fourth-order valence-corrected chi connectivity index (χ4v) is 1.90. The van der Waals surface area contributed by atoms with E-state index in [0.29, 0.717) is 13.1 Å². The van der Waals surface area contributed by atoms with E-state index in [1.165, 1.54) is 5.56 Å². The number of benzene rings is 1. The van der Waals surface area contributed by atoms with Gasteiger partial charge in [0, 0.05) is 18.8 Å². The number of methoxy groups -OCH3 is 1. The standard InChI is InChI=1S/C14H20N4O2/c1-11(12-3-5-14(20-2)6-4-12)15-9-13-10-18(7-8-19)17-16-13/h3-6,10-11,15,19H,7-9H2,1-2H3. The molecule has 2 N–H and O–H groups in total. The zero-order valence-electron chi connectivity index (χ0n) is 11.8. The molecule has 1 unspecified atom stereocenters. The topological polar surface area (TPSA) is 72.2 Å². The second-order valence-corrected chi connectivity index (χ2v) is 4.57. The lowest BCUT2D eigenvalue weighted by molar-refractivity contribution is 0.268. The molecule has 0 amide bonds. The third-order valence-electron chi connectivity index (χ3n) is 3.12. The summed E-state index contributed by atoms with van der Waals surface area (Å²) in [6.07, 6.45) is 1.84. The Morgan fingerprint density at radius 3 is 2.75 bits per heavy atom. The van der Waals surface area contributed by atoms with Gasteiger partial charge >= 0.3 is 0 Å². The second-order valence-electron chi connectivity index (χ2n) is 4.57. The van der Waals surface area contributed by atoms with Gasteiger partial charge in [-0.15, -0.1) is 5.10 Å². The minimum atomic E-state index is 0.0679. The van der Waals surface area contributed by atoms with Gasteiger partial charge in [-0.3, -0.25) is 0 Å². The third-order valence-corrected chi connectivity index (χ3v) is 3.12. The van der Waals surface area contributed by atoms with Crippen molar-refractivity contribution in [1.29, 1.82) is 0 Å². The van der Waals surface area contributed by atoms with Crippen molar-refractivity contribution in [3.8, 4) is 5.75 Å². The number of nitrogens with zero attached hydrogens (tertiary/aromatic N) is 3. The van der Waals surface area contributed by atoms with Crippen molar-refractivity contribution in [2.75, 3.05) is 13.7 Å². The zero-order valence-corrected chi connectivity index (χ0v) is 11.8. The lowest BCUT2D eigenvalue weighted by Crippen LogP contribution is -2.18. The number of aromatic nitrogens is 3. The molecule has 0 saturated carbocycles. The van der Waals surface area contributed by atoms with Crippen LogP contribution in [0.1, 0.15) is 24.2 Å². The molecule has 0 bridgehead atoms.